The molecule has 0 bridgehead atoms. The van der Waals surface area contributed by atoms with Crippen molar-refractivity contribution >= 4 is 0 Å². The van der Waals surface area contributed by atoms with Gasteiger partial charge < -0.3 is 20.1 Å². The summed E-state index contributed by atoms with van der Waals surface area (Å²) in [5.41, 5.74) is 0. The smallest absolute Gasteiger partial charge is 0.106 e. The molecule has 0 radical (unpaired) electrons. The normalized spacial score (nSPS) is 15.2. The molecule has 0 fully saturated rings. The van der Waals surface area contributed by atoms with E-state index in [1.807, 2.05) is 0 Å². The zero-order valence-electron chi connectivity index (χ0n) is 20.1. The summed E-state index contributed by atoms with van der Waals surface area (Å²) < 4.78 is 5.53. The molecule has 0 spiro atoms. The minimum Gasteiger partial charge on any atom is -0.389 e. The Balaban J connectivity index is 3.35. The molecule has 3 atom stereocenters. The molecule has 0 aromatic rings. The number of ether oxygens (including phenoxy) is 1. The largest absolute Gasteiger partial charge is 0.389 e. The van der Waals surface area contributed by atoms with Gasteiger partial charge in [0.25, 0.3) is 0 Å². The second kappa shape index (κ2) is 21.8. The topological polar surface area (TPSA) is 73.2 Å². The number of aliphatic hydroxyl groups is 3. The van der Waals surface area contributed by atoms with Crippen molar-refractivity contribution in [1.82, 2.24) is 4.90 Å². The third-order valence-electron chi connectivity index (χ3n) is 5.49. The Morgan fingerprint density at radius 2 is 1.17 bits per heavy atom. The van der Waals surface area contributed by atoms with E-state index in [9.17, 15) is 15.3 Å². The van der Waals surface area contributed by atoms with E-state index in [1.165, 1.54) is 81.9 Å². The number of hydrogen-bond donors (Lipinski definition) is 3. The average Bonchev–Trinajstić information content (AvgIpc) is 2.70. The molecule has 5 nitrogen and oxygen atoms in total. The third kappa shape index (κ3) is 19.5. The molecule has 5 heteroatoms. The highest BCUT2D eigenvalue weighted by atomic mass is 16.5. The molecular weight excluding hydrogens is 378 g/mol. The monoisotopic (exact) mass is 429 g/mol. The Labute approximate surface area is 186 Å². The van der Waals surface area contributed by atoms with Crippen LogP contribution in [0.4, 0.5) is 0 Å². The van der Waals surface area contributed by atoms with Crippen molar-refractivity contribution in [1.29, 1.82) is 0 Å². The van der Waals surface area contributed by atoms with Gasteiger partial charge in [0.2, 0.25) is 0 Å². The van der Waals surface area contributed by atoms with Crippen LogP contribution >= 0.6 is 0 Å². The Hall–Kier alpha value is -0.460. The molecular formula is C25H51NO4. The minimum absolute atomic E-state index is 0.197. The fraction of sp³-hybridized carbons (Fsp3) is 0.920. The molecule has 0 amide bonds. The number of hydrogen-bond acceptors (Lipinski definition) is 5. The van der Waals surface area contributed by atoms with Crippen molar-refractivity contribution in [3.05, 3.63) is 12.2 Å². The van der Waals surface area contributed by atoms with Crippen LogP contribution in [0.5, 0.6) is 0 Å². The third-order valence-corrected chi connectivity index (χ3v) is 5.49. The van der Waals surface area contributed by atoms with E-state index >= 15 is 0 Å². The van der Waals surface area contributed by atoms with Gasteiger partial charge >= 0.3 is 0 Å². The highest BCUT2D eigenvalue weighted by Gasteiger charge is 2.19. The van der Waals surface area contributed by atoms with Crippen LogP contribution in [0.2, 0.25) is 0 Å². The summed E-state index contributed by atoms with van der Waals surface area (Å²) in [6, 6.07) is 0. The summed E-state index contributed by atoms with van der Waals surface area (Å²) in [5, 5.41) is 29.1. The van der Waals surface area contributed by atoms with Crippen molar-refractivity contribution in [2.45, 2.75) is 129 Å². The van der Waals surface area contributed by atoms with E-state index in [-0.39, 0.29) is 13.2 Å². The fourth-order valence-corrected chi connectivity index (χ4v) is 3.58. The lowest BCUT2D eigenvalue weighted by Crippen LogP contribution is -2.45. The number of aliphatic hydroxyl groups excluding tert-OH is 3. The van der Waals surface area contributed by atoms with Gasteiger partial charge in [-0.3, -0.25) is 4.90 Å². The lowest BCUT2D eigenvalue weighted by Gasteiger charge is -2.29. The molecule has 0 saturated heterocycles. The van der Waals surface area contributed by atoms with E-state index in [1.54, 1.807) is 13.8 Å². The molecule has 3 N–H and O–H groups in total. The average molecular weight is 430 g/mol. The van der Waals surface area contributed by atoms with Crippen molar-refractivity contribution in [3.8, 4) is 0 Å². The maximum atomic E-state index is 9.96. The first kappa shape index (κ1) is 29.5. The van der Waals surface area contributed by atoms with Gasteiger partial charge in [0.05, 0.1) is 12.7 Å². The Bertz CT molecular complexity index is 366. The van der Waals surface area contributed by atoms with E-state index < -0.39 is 18.6 Å². The quantitative estimate of drug-likeness (QED) is 0.122. The SMILES string of the molecule is CCCCCCCC/C=C\CCCCCCCCOCC(O)CN(C(C)O)C(C)O. The van der Waals surface area contributed by atoms with E-state index in [4.69, 9.17) is 4.74 Å². The Kier molecular flexibility index (Phi) is 21.4. The first-order chi connectivity index (χ1) is 14.5. The van der Waals surface area contributed by atoms with E-state index in [2.05, 4.69) is 19.1 Å². The molecule has 0 rings (SSSR count). The van der Waals surface area contributed by atoms with Gasteiger partial charge in [0.15, 0.2) is 0 Å². The molecule has 0 aliphatic heterocycles. The van der Waals surface area contributed by atoms with Crippen LogP contribution < -0.4 is 0 Å². The Morgan fingerprint density at radius 1 is 0.700 bits per heavy atom. The van der Waals surface area contributed by atoms with E-state index in [0.29, 0.717) is 6.61 Å². The number of unbranched alkanes of at least 4 members (excludes halogenated alkanes) is 12. The lowest BCUT2D eigenvalue weighted by atomic mass is 10.1. The molecule has 0 aliphatic rings. The summed E-state index contributed by atoms with van der Waals surface area (Å²) in [4.78, 5) is 1.43. The number of allylic oxidation sites excluding steroid dienone is 2. The van der Waals surface area contributed by atoms with Gasteiger partial charge in [-0.25, -0.2) is 0 Å². The second-order valence-electron chi connectivity index (χ2n) is 8.63. The van der Waals surface area contributed by atoms with Gasteiger partial charge in [0.1, 0.15) is 12.5 Å². The van der Waals surface area contributed by atoms with Gasteiger partial charge in [-0.15, -0.1) is 0 Å². The molecule has 3 unspecified atom stereocenters. The maximum absolute atomic E-state index is 9.96. The highest BCUT2D eigenvalue weighted by molar-refractivity contribution is 4.81. The van der Waals surface area contributed by atoms with Crippen LogP contribution in [0.1, 0.15) is 111 Å². The molecule has 0 aromatic carbocycles. The maximum Gasteiger partial charge on any atom is 0.106 e. The Morgan fingerprint density at radius 3 is 1.67 bits per heavy atom. The van der Waals surface area contributed by atoms with Gasteiger partial charge in [-0.1, -0.05) is 76.9 Å². The van der Waals surface area contributed by atoms with Crippen molar-refractivity contribution in [2.75, 3.05) is 19.8 Å². The molecule has 30 heavy (non-hydrogen) atoms. The predicted octanol–water partition coefficient (Wildman–Crippen LogP) is 5.38. The second-order valence-corrected chi connectivity index (χ2v) is 8.63. The van der Waals surface area contributed by atoms with Crippen LogP contribution in [0.15, 0.2) is 12.2 Å². The van der Waals surface area contributed by atoms with E-state index in [0.717, 1.165) is 12.8 Å². The van der Waals surface area contributed by atoms with Crippen LogP contribution in [-0.2, 0) is 4.74 Å². The van der Waals surface area contributed by atoms with Gasteiger partial charge in [-0.2, -0.15) is 0 Å². The lowest BCUT2D eigenvalue weighted by molar-refractivity contribution is -0.108. The predicted molar refractivity (Wildman–Crippen MR) is 126 cm³/mol. The van der Waals surface area contributed by atoms with Crippen LogP contribution in [0, 0.1) is 0 Å². The van der Waals surface area contributed by atoms with Crippen molar-refractivity contribution < 1.29 is 20.1 Å². The van der Waals surface area contributed by atoms with Crippen molar-refractivity contribution in [2.24, 2.45) is 0 Å². The zero-order chi connectivity index (χ0) is 22.5. The van der Waals surface area contributed by atoms with Gasteiger partial charge in [0, 0.05) is 13.2 Å². The molecule has 0 saturated carbocycles. The summed E-state index contributed by atoms with van der Waals surface area (Å²) in [6.45, 7) is 6.51. The highest BCUT2D eigenvalue weighted by Crippen LogP contribution is 2.10. The summed E-state index contributed by atoms with van der Waals surface area (Å²) in [7, 11) is 0. The molecule has 180 valence electrons. The van der Waals surface area contributed by atoms with Crippen LogP contribution in [0.25, 0.3) is 0 Å². The standard InChI is InChI=1S/C25H51NO4/c1-4-5-6-7-8-9-10-11-12-13-14-15-16-17-18-19-20-30-22-25(29)21-26(23(2)27)24(3)28/h11-12,23-25,27-29H,4-10,13-22H2,1-3H3/b12-11-. The summed E-state index contributed by atoms with van der Waals surface area (Å²) in [6.07, 6.45) is 20.4. The summed E-state index contributed by atoms with van der Waals surface area (Å²) >= 11 is 0. The molecule has 0 heterocycles. The number of nitrogens with zero attached hydrogens (tertiary/aromatic N) is 1. The zero-order valence-corrected chi connectivity index (χ0v) is 20.1. The minimum atomic E-state index is -0.796. The van der Waals surface area contributed by atoms with Crippen LogP contribution in [0.3, 0.4) is 0 Å². The van der Waals surface area contributed by atoms with Gasteiger partial charge in [-0.05, 0) is 46.0 Å². The molecule has 0 aromatic heterocycles. The number of rotatable bonds is 22. The first-order valence-corrected chi connectivity index (χ1v) is 12.5. The molecule has 0 aliphatic carbocycles. The van der Waals surface area contributed by atoms with Crippen molar-refractivity contribution in [3.63, 3.8) is 0 Å². The fourth-order valence-electron chi connectivity index (χ4n) is 3.58. The summed E-state index contributed by atoms with van der Waals surface area (Å²) in [5.74, 6) is 0. The van der Waals surface area contributed by atoms with Crippen LogP contribution in [-0.4, -0.2) is 58.5 Å². The first-order valence-electron chi connectivity index (χ1n) is 12.5.